The number of carbonyl (C=O) groups is 2. The van der Waals surface area contributed by atoms with Crippen molar-refractivity contribution < 1.29 is 18.7 Å². The summed E-state index contributed by atoms with van der Waals surface area (Å²) in [5.74, 6) is -0.619. The van der Waals surface area contributed by atoms with Crippen molar-refractivity contribution in [3.63, 3.8) is 0 Å². The second-order valence-electron chi connectivity index (χ2n) is 7.28. The number of aromatic nitrogens is 1. The minimum atomic E-state index is -0.854. The number of benzene rings is 2. The Morgan fingerprint density at radius 3 is 2.73 bits per heavy atom. The quantitative estimate of drug-likeness (QED) is 0.359. The van der Waals surface area contributed by atoms with Gasteiger partial charge in [0.05, 0.1) is 13.7 Å². The van der Waals surface area contributed by atoms with Gasteiger partial charge in [0.1, 0.15) is 17.6 Å². The number of nitrogens with one attached hydrogen (secondary N) is 1. The van der Waals surface area contributed by atoms with E-state index in [9.17, 15) is 14.0 Å². The van der Waals surface area contributed by atoms with Crippen LogP contribution in [0.3, 0.4) is 0 Å². The van der Waals surface area contributed by atoms with E-state index in [-0.39, 0.29) is 36.7 Å². The molecule has 5 N–H and O–H groups in total. The van der Waals surface area contributed by atoms with Gasteiger partial charge in [0.25, 0.3) is 5.91 Å². The minimum absolute atomic E-state index is 0.120. The third kappa shape index (κ3) is 4.77. The second kappa shape index (κ2) is 9.25. The van der Waals surface area contributed by atoms with Gasteiger partial charge < -0.3 is 26.4 Å². The molecule has 2 heterocycles. The van der Waals surface area contributed by atoms with Crippen molar-refractivity contribution in [3.05, 3.63) is 76.0 Å². The average Bonchev–Trinajstić information content (AvgIpc) is 3.34. The summed E-state index contributed by atoms with van der Waals surface area (Å²) in [5, 5.41) is 3.20. The van der Waals surface area contributed by atoms with E-state index in [4.69, 9.17) is 16.2 Å². The van der Waals surface area contributed by atoms with Crippen LogP contribution in [-0.2, 0) is 17.9 Å². The predicted octanol–water partition coefficient (Wildman–Crippen LogP) is 2.21. The Labute approximate surface area is 192 Å². The molecule has 0 saturated heterocycles. The van der Waals surface area contributed by atoms with Crippen LogP contribution in [0.1, 0.15) is 32.4 Å². The maximum atomic E-state index is 13.2. The van der Waals surface area contributed by atoms with Gasteiger partial charge in [-0.25, -0.2) is 9.37 Å². The van der Waals surface area contributed by atoms with Gasteiger partial charge in [-0.05, 0) is 35.4 Å². The number of halogens is 1. The lowest BCUT2D eigenvalue weighted by Gasteiger charge is -2.24. The zero-order chi connectivity index (χ0) is 23.5. The van der Waals surface area contributed by atoms with Crippen molar-refractivity contribution in [1.29, 1.82) is 0 Å². The summed E-state index contributed by atoms with van der Waals surface area (Å²) < 4.78 is 18.4. The van der Waals surface area contributed by atoms with Crippen molar-refractivity contribution in [2.24, 2.45) is 16.5 Å². The molecule has 11 heteroatoms. The molecule has 2 aromatic carbocycles. The highest BCUT2D eigenvalue weighted by molar-refractivity contribution is 7.15. The van der Waals surface area contributed by atoms with E-state index in [2.05, 4.69) is 15.3 Å². The molecule has 1 aliphatic heterocycles. The van der Waals surface area contributed by atoms with Crippen LogP contribution < -0.4 is 21.5 Å². The molecule has 2 amide bonds. The first-order valence-electron chi connectivity index (χ1n) is 9.91. The molecular weight excluding hydrogens is 447 g/mol. The number of hydrogen-bond donors (Lipinski definition) is 3. The molecule has 9 nitrogen and oxygen atoms in total. The smallest absolute Gasteiger partial charge is 0.255 e. The molecule has 4 rings (SSSR count). The molecule has 1 unspecified atom stereocenters. The van der Waals surface area contributed by atoms with E-state index in [1.807, 2.05) is 0 Å². The van der Waals surface area contributed by atoms with Gasteiger partial charge in [0.2, 0.25) is 11.0 Å². The summed E-state index contributed by atoms with van der Waals surface area (Å²) in [5.41, 5.74) is 12.5. The Kier molecular flexibility index (Phi) is 6.22. The van der Waals surface area contributed by atoms with Gasteiger partial charge in [-0.1, -0.05) is 29.5 Å². The third-order valence-electron chi connectivity index (χ3n) is 5.08. The third-order valence-corrected chi connectivity index (χ3v) is 5.95. The molecule has 0 fully saturated rings. The van der Waals surface area contributed by atoms with Crippen molar-refractivity contribution >= 4 is 34.2 Å². The molecule has 0 radical (unpaired) electrons. The van der Waals surface area contributed by atoms with Gasteiger partial charge in [-0.3, -0.25) is 9.59 Å². The van der Waals surface area contributed by atoms with Gasteiger partial charge in [-0.2, -0.15) is 4.99 Å². The zero-order valence-electron chi connectivity index (χ0n) is 17.6. The Bertz CT molecular complexity index is 1220. The van der Waals surface area contributed by atoms with Crippen LogP contribution >= 0.6 is 11.3 Å². The first kappa shape index (κ1) is 22.2. The lowest BCUT2D eigenvalue weighted by molar-refractivity contribution is -0.125. The molecule has 0 aliphatic carbocycles. The SMILES string of the molecule is COc1ccc2c(c1)C(=O)N(Cc1cnc(N=C(N)N)s1)C2C(=O)NCc1ccc(F)cc1. The number of fused-ring (bicyclic) bond motifs is 1. The fourth-order valence-electron chi connectivity index (χ4n) is 3.56. The van der Waals surface area contributed by atoms with Crippen LogP contribution in [0.2, 0.25) is 0 Å². The number of methoxy groups -OCH3 is 1. The van der Waals surface area contributed by atoms with Crippen LogP contribution in [0.25, 0.3) is 0 Å². The molecular formula is C22H21FN6O3S. The molecule has 33 heavy (non-hydrogen) atoms. The monoisotopic (exact) mass is 468 g/mol. The Morgan fingerprint density at radius 2 is 2.03 bits per heavy atom. The highest BCUT2D eigenvalue weighted by Crippen LogP contribution is 2.38. The summed E-state index contributed by atoms with van der Waals surface area (Å²) in [4.78, 5) is 36.7. The van der Waals surface area contributed by atoms with E-state index in [0.717, 1.165) is 5.56 Å². The number of amides is 2. The van der Waals surface area contributed by atoms with Crippen molar-refractivity contribution in [1.82, 2.24) is 15.2 Å². The fourth-order valence-corrected chi connectivity index (χ4v) is 4.36. The number of rotatable bonds is 7. The van der Waals surface area contributed by atoms with Crippen molar-refractivity contribution in [2.75, 3.05) is 7.11 Å². The normalized spacial score (nSPS) is 14.7. The lowest BCUT2D eigenvalue weighted by atomic mass is 10.0. The minimum Gasteiger partial charge on any atom is -0.497 e. The highest BCUT2D eigenvalue weighted by Gasteiger charge is 2.41. The lowest BCUT2D eigenvalue weighted by Crippen LogP contribution is -2.38. The first-order valence-corrected chi connectivity index (χ1v) is 10.7. The van der Waals surface area contributed by atoms with Crippen LogP contribution in [0.15, 0.2) is 53.7 Å². The number of carbonyl (C=O) groups excluding carboxylic acids is 2. The highest BCUT2D eigenvalue weighted by atomic mass is 32.1. The topological polar surface area (TPSA) is 136 Å². The number of ether oxygens (including phenoxy) is 1. The molecule has 0 saturated carbocycles. The van der Waals surface area contributed by atoms with Gasteiger partial charge in [-0.15, -0.1) is 0 Å². The van der Waals surface area contributed by atoms with Crippen LogP contribution in [0, 0.1) is 5.82 Å². The van der Waals surface area contributed by atoms with E-state index < -0.39 is 6.04 Å². The standard InChI is InChI=1S/C22H21FN6O3S/c1-32-14-6-7-16-17(8-14)20(31)29(11-15-10-27-22(33-15)28-21(24)25)18(16)19(30)26-9-12-2-4-13(23)5-3-12/h2-8,10,18H,9,11H2,1H3,(H,26,30)(H4,24,25,27,28). The molecule has 170 valence electrons. The summed E-state index contributed by atoms with van der Waals surface area (Å²) in [7, 11) is 1.51. The number of hydrogen-bond acceptors (Lipinski definition) is 6. The number of thiazole rings is 1. The Balaban J connectivity index is 1.60. The van der Waals surface area contributed by atoms with E-state index >= 15 is 0 Å². The largest absolute Gasteiger partial charge is 0.497 e. The summed E-state index contributed by atoms with van der Waals surface area (Å²) >= 11 is 1.22. The van der Waals surface area contributed by atoms with Gasteiger partial charge >= 0.3 is 0 Å². The van der Waals surface area contributed by atoms with Crippen LogP contribution in [0.5, 0.6) is 5.75 Å². The van der Waals surface area contributed by atoms with Gasteiger partial charge in [0, 0.05) is 23.2 Å². The number of nitrogens with two attached hydrogens (primary N) is 2. The first-order chi connectivity index (χ1) is 15.9. The van der Waals surface area contributed by atoms with Crippen LogP contribution in [-0.4, -0.2) is 34.8 Å². The maximum absolute atomic E-state index is 13.2. The van der Waals surface area contributed by atoms with Crippen LogP contribution in [0.4, 0.5) is 9.52 Å². The molecule has 1 atom stereocenters. The average molecular weight is 469 g/mol. The summed E-state index contributed by atoms with van der Waals surface area (Å²) in [6, 6.07) is 10.0. The maximum Gasteiger partial charge on any atom is 0.255 e. The van der Waals surface area contributed by atoms with E-state index in [0.29, 0.717) is 26.9 Å². The molecule has 1 aliphatic rings. The summed E-state index contributed by atoms with van der Waals surface area (Å²) in [6.45, 7) is 0.334. The predicted molar refractivity (Wildman–Crippen MR) is 121 cm³/mol. The Hall–Kier alpha value is -3.99. The van der Waals surface area contributed by atoms with Crippen molar-refractivity contribution in [2.45, 2.75) is 19.1 Å². The number of guanidine groups is 1. The van der Waals surface area contributed by atoms with E-state index in [1.54, 1.807) is 36.5 Å². The Morgan fingerprint density at radius 1 is 1.27 bits per heavy atom. The molecule has 0 spiro atoms. The van der Waals surface area contributed by atoms with Gasteiger partial charge in [0.15, 0.2) is 5.96 Å². The fraction of sp³-hybridized carbons (Fsp3) is 0.182. The summed E-state index contributed by atoms with van der Waals surface area (Å²) in [6.07, 6.45) is 1.57. The zero-order valence-corrected chi connectivity index (χ0v) is 18.4. The second-order valence-corrected chi connectivity index (χ2v) is 8.37. The molecule has 1 aromatic heterocycles. The van der Waals surface area contributed by atoms with Crippen molar-refractivity contribution in [3.8, 4) is 5.75 Å². The number of aliphatic imine (C=N–C) groups is 1. The van der Waals surface area contributed by atoms with E-state index in [1.165, 1.54) is 35.5 Å². The number of nitrogens with zero attached hydrogens (tertiary/aromatic N) is 3. The molecule has 3 aromatic rings. The molecule has 0 bridgehead atoms.